The first-order valence-corrected chi connectivity index (χ1v) is 21.5. The Kier molecular flexibility index (Phi) is 14.9. The highest BCUT2D eigenvalue weighted by Gasteiger charge is 2.32. The molecule has 2 amide bonds. The van der Waals surface area contributed by atoms with Crippen LogP contribution >= 0.6 is 46.0 Å². The lowest BCUT2D eigenvalue weighted by Crippen LogP contribution is -2.40. The van der Waals surface area contributed by atoms with Crippen molar-refractivity contribution in [3.8, 4) is 5.75 Å². The molecular weight excluding hydrogens is 960 g/mol. The van der Waals surface area contributed by atoms with Crippen molar-refractivity contribution < 1.29 is 34.3 Å². The zero-order valence-corrected chi connectivity index (χ0v) is 36.0. The van der Waals surface area contributed by atoms with E-state index in [0.29, 0.717) is 65.1 Å². The number of nitrogens with one attached hydrogen (secondary N) is 2. The summed E-state index contributed by atoms with van der Waals surface area (Å²) < 4.78 is 31.4. The Bertz CT molecular complexity index is 2050. The van der Waals surface area contributed by atoms with Gasteiger partial charge in [0.2, 0.25) is 0 Å². The Morgan fingerprint density at radius 2 is 1.43 bits per heavy atom. The van der Waals surface area contributed by atoms with Crippen LogP contribution in [0, 0.1) is 11.8 Å². The van der Waals surface area contributed by atoms with Gasteiger partial charge < -0.3 is 21.5 Å². The number of carbonyl (C=O) groups is 4. The highest BCUT2D eigenvalue weighted by molar-refractivity contribution is 14.1. The van der Waals surface area contributed by atoms with E-state index >= 15 is 0 Å². The first-order chi connectivity index (χ1) is 27.1. The van der Waals surface area contributed by atoms with Gasteiger partial charge >= 0.3 is 11.9 Å². The van der Waals surface area contributed by atoms with Gasteiger partial charge in [0.25, 0.3) is 11.8 Å². The Morgan fingerprint density at radius 1 is 0.750 bits per heavy atom. The largest absolute Gasteiger partial charge is 0.493 e. The van der Waals surface area contributed by atoms with Crippen molar-refractivity contribution in [1.82, 2.24) is 4.31 Å². The van der Waals surface area contributed by atoms with E-state index in [4.69, 9.17) is 10.9 Å². The van der Waals surface area contributed by atoms with E-state index in [1.165, 1.54) is 0 Å². The number of ether oxygens (including phenoxy) is 1. The summed E-state index contributed by atoms with van der Waals surface area (Å²) in [6.07, 6.45) is 6.57. The molecule has 294 valence electrons. The SMILES string of the molecule is CCN(C1CCC(C(=O)OI)CC1)S(=O)c1cccc(C(=O)Nc2ccc(OCC3CC3)cc2C(=O)Nc2ccc(CCc3ccc(C(=O)OI)cc3)cc2)c1. The summed E-state index contributed by atoms with van der Waals surface area (Å²) in [7, 11) is -1.53. The average molecular weight is 1000 g/mol. The number of nitrogens with zero attached hydrogens (tertiary/aromatic N) is 1. The van der Waals surface area contributed by atoms with Crippen molar-refractivity contribution >= 4 is 92.1 Å². The molecule has 2 aliphatic rings. The van der Waals surface area contributed by atoms with E-state index in [-0.39, 0.29) is 29.5 Å². The van der Waals surface area contributed by atoms with Crippen molar-refractivity contribution in [2.24, 2.45) is 11.8 Å². The van der Waals surface area contributed by atoms with Gasteiger partial charge in [-0.05, 0) is 129 Å². The van der Waals surface area contributed by atoms with E-state index < -0.39 is 22.8 Å². The molecule has 4 aromatic carbocycles. The average Bonchev–Trinajstić information content (AvgIpc) is 4.08. The van der Waals surface area contributed by atoms with Gasteiger partial charge in [-0.3, -0.25) is 14.4 Å². The summed E-state index contributed by atoms with van der Waals surface area (Å²) >= 11 is 3.20. The lowest BCUT2D eigenvalue weighted by molar-refractivity contribution is -0.137. The fraction of sp³-hybridized carbons (Fsp3) is 0.333. The van der Waals surface area contributed by atoms with Crippen LogP contribution in [-0.4, -0.2) is 51.5 Å². The molecule has 0 spiro atoms. The van der Waals surface area contributed by atoms with Crippen molar-refractivity contribution in [3.05, 3.63) is 119 Å². The lowest BCUT2D eigenvalue weighted by atomic mass is 9.86. The van der Waals surface area contributed by atoms with Gasteiger partial charge in [0.1, 0.15) is 16.7 Å². The Hall–Kier alpha value is -3.87. The van der Waals surface area contributed by atoms with Gasteiger partial charge in [0, 0.05) is 23.8 Å². The van der Waals surface area contributed by atoms with Crippen molar-refractivity contribution in [3.63, 3.8) is 0 Å². The molecule has 56 heavy (non-hydrogen) atoms. The summed E-state index contributed by atoms with van der Waals surface area (Å²) in [6, 6.07) is 26.7. The van der Waals surface area contributed by atoms with Crippen molar-refractivity contribution in [2.75, 3.05) is 23.8 Å². The Labute approximate surface area is 357 Å². The normalized spacial score (nSPS) is 17.1. The molecular formula is C42H43I2N3O8S. The molecule has 0 bridgehead atoms. The lowest BCUT2D eigenvalue weighted by Gasteiger charge is -2.34. The molecule has 0 aliphatic heterocycles. The molecule has 0 aromatic heterocycles. The molecule has 14 heteroatoms. The van der Waals surface area contributed by atoms with Crippen molar-refractivity contribution in [2.45, 2.75) is 69.2 Å². The molecule has 1 unspecified atom stereocenters. The molecule has 2 saturated carbocycles. The van der Waals surface area contributed by atoms with Crippen LogP contribution in [0.5, 0.6) is 5.75 Å². The molecule has 2 N–H and O–H groups in total. The maximum atomic E-state index is 13.8. The van der Waals surface area contributed by atoms with Crippen LogP contribution in [0.15, 0.2) is 95.9 Å². The minimum Gasteiger partial charge on any atom is -0.493 e. The summed E-state index contributed by atoms with van der Waals surface area (Å²) in [5, 5.41) is 5.87. The van der Waals surface area contributed by atoms with E-state index in [0.717, 1.165) is 49.7 Å². The number of aryl methyl sites for hydroxylation is 2. The highest BCUT2D eigenvalue weighted by atomic mass is 127. The summed E-state index contributed by atoms with van der Waals surface area (Å²) in [4.78, 5) is 51.8. The van der Waals surface area contributed by atoms with Gasteiger partial charge in [-0.1, -0.05) is 37.3 Å². The zero-order valence-electron chi connectivity index (χ0n) is 30.8. The summed E-state index contributed by atoms with van der Waals surface area (Å²) in [6.45, 7) is 3.06. The molecule has 2 fully saturated rings. The second-order valence-corrected chi connectivity index (χ2v) is 16.4. The van der Waals surface area contributed by atoms with Gasteiger partial charge in [-0.2, -0.15) is 0 Å². The molecule has 4 aromatic rings. The molecule has 6 rings (SSSR count). The molecule has 0 heterocycles. The first kappa shape index (κ1) is 41.8. The number of carbonyl (C=O) groups excluding carboxylic acids is 4. The number of halogens is 2. The zero-order chi connectivity index (χ0) is 39.6. The van der Waals surface area contributed by atoms with Crippen LogP contribution in [0.25, 0.3) is 0 Å². The molecule has 0 saturated heterocycles. The van der Waals surface area contributed by atoms with Crippen LogP contribution in [0.3, 0.4) is 0 Å². The Balaban J connectivity index is 1.12. The maximum absolute atomic E-state index is 13.8. The van der Waals surface area contributed by atoms with Gasteiger partial charge in [0.15, 0.2) is 46.0 Å². The van der Waals surface area contributed by atoms with Crippen LogP contribution in [0.2, 0.25) is 0 Å². The van der Waals surface area contributed by atoms with Crippen LogP contribution in [-0.2, 0) is 34.8 Å². The third-order valence-corrected chi connectivity index (χ3v) is 12.6. The predicted octanol–water partition coefficient (Wildman–Crippen LogP) is 9.07. The smallest absolute Gasteiger partial charge is 0.347 e. The number of benzene rings is 4. The number of anilines is 2. The summed E-state index contributed by atoms with van der Waals surface area (Å²) in [5.74, 6) is -0.548. The second-order valence-electron chi connectivity index (χ2n) is 14.0. The van der Waals surface area contributed by atoms with Crippen LogP contribution in [0.1, 0.15) is 87.6 Å². The molecule has 11 nitrogen and oxygen atoms in total. The van der Waals surface area contributed by atoms with Crippen LogP contribution in [0.4, 0.5) is 11.4 Å². The first-order valence-electron chi connectivity index (χ1n) is 18.7. The highest BCUT2D eigenvalue weighted by Crippen LogP contribution is 2.33. The minimum atomic E-state index is -1.53. The fourth-order valence-corrected chi connectivity index (χ4v) is 8.78. The Morgan fingerprint density at radius 3 is 2.05 bits per heavy atom. The second kappa shape index (κ2) is 20.0. The number of hydrogen-bond donors (Lipinski definition) is 2. The molecule has 0 radical (unpaired) electrons. The number of rotatable bonds is 16. The van der Waals surface area contributed by atoms with Gasteiger partial charge in [-0.25, -0.2) is 13.3 Å². The quantitative estimate of drug-likeness (QED) is 0.106. The van der Waals surface area contributed by atoms with E-state index in [1.807, 2.05) is 47.6 Å². The minimum absolute atomic E-state index is 0.0350. The summed E-state index contributed by atoms with van der Waals surface area (Å²) in [5.41, 5.74) is 4.11. The predicted molar refractivity (Wildman–Crippen MR) is 231 cm³/mol. The monoisotopic (exact) mass is 1000 g/mol. The third kappa shape index (κ3) is 11.2. The fourth-order valence-electron chi connectivity index (χ4n) is 6.75. The standard InChI is InChI=1S/C42H43I2N3O8S/c1-2-47(34-20-16-31(17-21-34)42(51)55-44)56(52)36-5-3-4-32(24-36)39(48)46-38-23-22-35(53-26-29-8-9-29)25-37(38)40(49)45-33-18-12-28(13-19-33)7-6-27-10-14-30(15-11-27)41(50)54-43/h3-5,10-15,18-19,22-25,29,31,34H,2,6-9,16-17,20-21,26H2,1H3,(H,45,49)(H,46,48). The number of hydrogen-bond acceptors (Lipinski definition) is 8. The molecule has 2 aliphatic carbocycles. The molecule has 1 atom stereocenters. The third-order valence-electron chi connectivity index (χ3n) is 10.2. The van der Waals surface area contributed by atoms with Crippen LogP contribution < -0.4 is 15.4 Å². The topological polar surface area (TPSA) is 140 Å². The van der Waals surface area contributed by atoms with E-state index in [1.54, 1.807) is 101 Å². The van der Waals surface area contributed by atoms with E-state index in [9.17, 15) is 23.4 Å². The van der Waals surface area contributed by atoms with Crippen molar-refractivity contribution in [1.29, 1.82) is 0 Å². The van der Waals surface area contributed by atoms with E-state index in [2.05, 4.69) is 10.6 Å². The number of amides is 2. The van der Waals surface area contributed by atoms with Gasteiger partial charge in [-0.15, -0.1) is 0 Å². The maximum Gasteiger partial charge on any atom is 0.347 e. The van der Waals surface area contributed by atoms with Gasteiger partial charge in [0.05, 0.1) is 34.2 Å².